The van der Waals surface area contributed by atoms with Crippen molar-refractivity contribution in [3.8, 4) is 33.4 Å². The highest BCUT2D eigenvalue weighted by Crippen LogP contribution is 2.41. The van der Waals surface area contributed by atoms with E-state index in [9.17, 15) is 0 Å². The van der Waals surface area contributed by atoms with Crippen molar-refractivity contribution in [1.82, 2.24) is 0 Å². The maximum atomic E-state index is 6.39. The van der Waals surface area contributed by atoms with Crippen molar-refractivity contribution in [2.75, 3.05) is 4.90 Å². The number of fused-ring (bicyclic) bond motifs is 6. The monoisotopic (exact) mass is 681 g/mol. The summed E-state index contributed by atoms with van der Waals surface area (Å²) in [5, 5.41) is 4.53. The Balaban J connectivity index is 1.06. The average molecular weight is 682 g/mol. The van der Waals surface area contributed by atoms with Gasteiger partial charge in [0.05, 0.1) is 0 Å². The van der Waals surface area contributed by atoms with E-state index in [0.29, 0.717) is 0 Å². The molecule has 2 heterocycles. The van der Waals surface area contributed by atoms with Gasteiger partial charge in [-0.3, -0.25) is 0 Å². The zero-order valence-electron chi connectivity index (χ0n) is 29.5. The standard InChI is InChI=1S/C50H35NO2/c1-32-17-18-33(2)46(31-32)36-23-29-39(30-24-36)51(37-25-19-34(20-26-37)40-11-7-13-44-42-9-3-5-15-47(42)52-49(40)44)38-27-21-35(22-28-38)41-12-8-14-45-43-10-4-6-16-48(43)53-50(41)45/h3-31H,1-2H3. The van der Waals surface area contributed by atoms with Crippen LogP contribution >= 0.6 is 0 Å². The molecule has 0 atom stereocenters. The Morgan fingerprint density at radius 1 is 0.358 bits per heavy atom. The van der Waals surface area contributed by atoms with Gasteiger partial charge in [0.1, 0.15) is 22.3 Å². The van der Waals surface area contributed by atoms with Crippen LogP contribution in [0.3, 0.4) is 0 Å². The van der Waals surface area contributed by atoms with E-state index in [1.165, 1.54) is 22.3 Å². The minimum absolute atomic E-state index is 0.905. The second-order valence-corrected chi connectivity index (χ2v) is 13.9. The minimum atomic E-state index is 0.905. The lowest BCUT2D eigenvalue weighted by Gasteiger charge is -2.26. The van der Waals surface area contributed by atoms with Gasteiger partial charge in [0.2, 0.25) is 0 Å². The number of para-hydroxylation sites is 4. The Hall–Kier alpha value is -6.84. The molecule has 0 spiro atoms. The van der Waals surface area contributed by atoms with Crippen LogP contribution in [0.1, 0.15) is 11.1 Å². The number of benzene rings is 8. The van der Waals surface area contributed by atoms with E-state index in [0.717, 1.165) is 83.2 Å². The van der Waals surface area contributed by atoms with E-state index in [-0.39, 0.29) is 0 Å². The van der Waals surface area contributed by atoms with Gasteiger partial charge in [-0.05, 0) is 90.2 Å². The first-order valence-electron chi connectivity index (χ1n) is 18.1. The summed E-state index contributed by atoms with van der Waals surface area (Å²) in [6.45, 7) is 4.32. The molecule has 8 aromatic carbocycles. The molecule has 3 heteroatoms. The van der Waals surface area contributed by atoms with Gasteiger partial charge in [-0.2, -0.15) is 0 Å². The van der Waals surface area contributed by atoms with E-state index in [1.807, 2.05) is 24.3 Å². The van der Waals surface area contributed by atoms with Gasteiger partial charge in [0.25, 0.3) is 0 Å². The highest BCUT2D eigenvalue weighted by molar-refractivity contribution is 6.10. The van der Waals surface area contributed by atoms with Crippen LogP contribution < -0.4 is 4.90 Å². The van der Waals surface area contributed by atoms with E-state index < -0.39 is 0 Å². The lowest BCUT2D eigenvalue weighted by molar-refractivity contribution is 0.669. The summed E-state index contributed by atoms with van der Waals surface area (Å²) in [7, 11) is 0. The molecule has 0 radical (unpaired) electrons. The molecule has 10 aromatic rings. The molecule has 0 fully saturated rings. The molecule has 0 aliphatic rings. The van der Waals surface area contributed by atoms with Crippen molar-refractivity contribution in [2.45, 2.75) is 13.8 Å². The topological polar surface area (TPSA) is 29.5 Å². The van der Waals surface area contributed by atoms with E-state index in [2.05, 4.69) is 170 Å². The SMILES string of the molecule is Cc1ccc(C)c(-c2ccc(N(c3ccc(-c4cccc5c4oc4ccccc45)cc3)c3ccc(-c4cccc5c4oc4ccccc45)cc3)cc2)c1. The van der Waals surface area contributed by atoms with Gasteiger partial charge >= 0.3 is 0 Å². The van der Waals surface area contributed by atoms with Crippen molar-refractivity contribution in [1.29, 1.82) is 0 Å². The molecule has 252 valence electrons. The first-order valence-corrected chi connectivity index (χ1v) is 18.1. The number of aryl methyl sites for hydroxylation is 2. The Bertz CT molecular complexity index is 2790. The van der Waals surface area contributed by atoms with Crippen molar-refractivity contribution in [3.05, 3.63) is 187 Å². The summed E-state index contributed by atoms with van der Waals surface area (Å²) in [5.74, 6) is 0. The molecule has 0 aliphatic carbocycles. The third kappa shape index (κ3) is 5.29. The summed E-state index contributed by atoms with van der Waals surface area (Å²) in [6, 6.07) is 62.5. The smallest absolute Gasteiger partial charge is 0.143 e. The fraction of sp³-hybridized carbons (Fsp3) is 0.0400. The Kier molecular flexibility index (Phi) is 7.26. The number of furan rings is 2. The molecule has 10 rings (SSSR count). The van der Waals surface area contributed by atoms with Crippen molar-refractivity contribution in [2.24, 2.45) is 0 Å². The van der Waals surface area contributed by atoms with E-state index >= 15 is 0 Å². The zero-order chi connectivity index (χ0) is 35.5. The molecule has 0 aliphatic heterocycles. The molecule has 0 saturated carbocycles. The molecule has 0 N–H and O–H groups in total. The van der Waals surface area contributed by atoms with Crippen molar-refractivity contribution >= 4 is 60.9 Å². The highest BCUT2D eigenvalue weighted by atomic mass is 16.3. The average Bonchev–Trinajstić information content (AvgIpc) is 3.79. The fourth-order valence-electron chi connectivity index (χ4n) is 7.81. The first kappa shape index (κ1) is 30.9. The number of hydrogen-bond donors (Lipinski definition) is 0. The lowest BCUT2D eigenvalue weighted by Crippen LogP contribution is -2.09. The predicted molar refractivity (Wildman–Crippen MR) is 221 cm³/mol. The van der Waals surface area contributed by atoms with Crippen LogP contribution in [-0.2, 0) is 0 Å². The maximum absolute atomic E-state index is 6.39. The Labute approximate surface area is 308 Å². The normalized spacial score (nSPS) is 11.6. The van der Waals surface area contributed by atoms with Gasteiger partial charge in [0.15, 0.2) is 0 Å². The van der Waals surface area contributed by atoms with Crippen molar-refractivity contribution < 1.29 is 8.83 Å². The molecule has 53 heavy (non-hydrogen) atoms. The lowest BCUT2D eigenvalue weighted by atomic mass is 9.98. The van der Waals surface area contributed by atoms with Crippen LogP contribution in [0.15, 0.2) is 185 Å². The van der Waals surface area contributed by atoms with Crippen LogP contribution in [0, 0.1) is 13.8 Å². The largest absolute Gasteiger partial charge is 0.455 e. The third-order valence-electron chi connectivity index (χ3n) is 10.5. The van der Waals surface area contributed by atoms with Crippen LogP contribution in [0.4, 0.5) is 17.1 Å². The van der Waals surface area contributed by atoms with Gasteiger partial charge in [0, 0.05) is 49.7 Å². The van der Waals surface area contributed by atoms with Gasteiger partial charge in [-0.15, -0.1) is 0 Å². The molecule has 0 saturated heterocycles. The summed E-state index contributed by atoms with van der Waals surface area (Å²) < 4.78 is 12.8. The zero-order valence-corrected chi connectivity index (χ0v) is 29.5. The predicted octanol–water partition coefficient (Wildman–Crippen LogP) is 14.6. The van der Waals surface area contributed by atoms with Crippen LogP contribution in [-0.4, -0.2) is 0 Å². The fourth-order valence-corrected chi connectivity index (χ4v) is 7.81. The Morgan fingerprint density at radius 3 is 1.25 bits per heavy atom. The Morgan fingerprint density at radius 2 is 0.774 bits per heavy atom. The number of hydrogen-bond acceptors (Lipinski definition) is 3. The second-order valence-electron chi connectivity index (χ2n) is 13.9. The molecular weight excluding hydrogens is 647 g/mol. The molecule has 0 bridgehead atoms. The second kappa shape index (κ2) is 12.4. The highest BCUT2D eigenvalue weighted by Gasteiger charge is 2.17. The summed E-state index contributed by atoms with van der Waals surface area (Å²) in [4.78, 5) is 2.32. The van der Waals surface area contributed by atoms with Crippen LogP contribution in [0.5, 0.6) is 0 Å². The van der Waals surface area contributed by atoms with Gasteiger partial charge < -0.3 is 13.7 Å². The van der Waals surface area contributed by atoms with E-state index in [4.69, 9.17) is 8.83 Å². The first-order chi connectivity index (χ1) is 26.1. The van der Waals surface area contributed by atoms with Gasteiger partial charge in [-0.1, -0.05) is 133 Å². The summed E-state index contributed by atoms with van der Waals surface area (Å²) in [5.41, 5.74) is 16.2. The van der Waals surface area contributed by atoms with Crippen molar-refractivity contribution in [3.63, 3.8) is 0 Å². The molecule has 0 unspecified atom stereocenters. The number of nitrogens with zero attached hydrogens (tertiary/aromatic N) is 1. The van der Waals surface area contributed by atoms with Crippen LogP contribution in [0.25, 0.3) is 77.3 Å². The van der Waals surface area contributed by atoms with Gasteiger partial charge in [-0.25, -0.2) is 0 Å². The van der Waals surface area contributed by atoms with Crippen LogP contribution in [0.2, 0.25) is 0 Å². The molecule has 3 nitrogen and oxygen atoms in total. The minimum Gasteiger partial charge on any atom is -0.455 e. The van der Waals surface area contributed by atoms with E-state index in [1.54, 1.807) is 0 Å². The maximum Gasteiger partial charge on any atom is 0.143 e. The molecule has 0 amide bonds. The third-order valence-corrected chi connectivity index (χ3v) is 10.5. The number of anilines is 3. The number of rotatable bonds is 6. The quantitative estimate of drug-likeness (QED) is 0.175. The molecular formula is C50H35NO2. The molecule has 2 aromatic heterocycles. The summed E-state index contributed by atoms with van der Waals surface area (Å²) in [6.07, 6.45) is 0. The summed E-state index contributed by atoms with van der Waals surface area (Å²) >= 11 is 0.